The summed E-state index contributed by atoms with van der Waals surface area (Å²) in [5.41, 5.74) is -0.141. The van der Waals surface area contributed by atoms with Crippen LogP contribution in [-0.2, 0) is 4.79 Å². The molecule has 0 aliphatic carbocycles. The Morgan fingerprint density at radius 3 is 1.35 bits per heavy atom. The lowest BCUT2D eigenvalue weighted by molar-refractivity contribution is -0.126. The van der Waals surface area contributed by atoms with Gasteiger partial charge in [-0.05, 0) is 6.42 Å². The van der Waals surface area contributed by atoms with Crippen LogP contribution in [0, 0.1) is 5.41 Å². The van der Waals surface area contributed by atoms with Gasteiger partial charge in [0.2, 0.25) is 0 Å². The number of ketones is 1. The first-order valence-corrected chi connectivity index (χ1v) is 9.01. The molecule has 0 fully saturated rings. The first-order valence-electron chi connectivity index (χ1n) is 9.01. The summed E-state index contributed by atoms with van der Waals surface area (Å²) in [5, 5.41) is 0. The van der Waals surface area contributed by atoms with Crippen LogP contribution >= 0.6 is 0 Å². The van der Waals surface area contributed by atoms with Crippen LogP contribution in [-0.4, -0.2) is 5.78 Å². The number of Topliss-reactive ketones (excluding diaryl/α,β-unsaturated/α-hetero) is 1. The highest BCUT2D eigenvalue weighted by molar-refractivity contribution is 5.83. The molecule has 0 saturated heterocycles. The van der Waals surface area contributed by atoms with Crippen molar-refractivity contribution in [2.75, 3.05) is 0 Å². The Hall–Kier alpha value is -0.330. The minimum absolute atomic E-state index is 0.141. The molecule has 0 aliphatic rings. The Bertz CT molecular complexity index is 224. The van der Waals surface area contributed by atoms with E-state index >= 15 is 0 Å². The number of unbranched alkanes of at least 4 members (excludes halogenated alkanes) is 11. The quantitative estimate of drug-likeness (QED) is 0.344. The highest BCUT2D eigenvalue weighted by Crippen LogP contribution is 2.19. The van der Waals surface area contributed by atoms with Gasteiger partial charge in [-0.25, -0.2) is 0 Å². The first kappa shape index (κ1) is 19.7. The van der Waals surface area contributed by atoms with Gasteiger partial charge in [0.1, 0.15) is 5.78 Å². The zero-order valence-corrected chi connectivity index (χ0v) is 14.6. The summed E-state index contributed by atoms with van der Waals surface area (Å²) in [6.07, 6.45) is 17.0. The van der Waals surface area contributed by atoms with Crippen LogP contribution in [0.1, 0.15) is 111 Å². The van der Waals surface area contributed by atoms with E-state index in [4.69, 9.17) is 0 Å². The SMILES string of the molecule is CCCCCCCCCCCCCCC(=O)C(C)(C)C. The molecule has 0 aromatic carbocycles. The van der Waals surface area contributed by atoms with Gasteiger partial charge in [0.05, 0.1) is 0 Å². The molecule has 0 bridgehead atoms. The van der Waals surface area contributed by atoms with Crippen molar-refractivity contribution in [2.45, 2.75) is 111 Å². The second-order valence-corrected chi connectivity index (χ2v) is 7.31. The topological polar surface area (TPSA) is 17.1 Å². The lowest BCUT2D eigenvalue weighted by Gasteiger charge is -2.16. The zero-order valence-electron chi connectivity index (χ0n) is 14.6. The Morgan fingerprint density at radius 2 is 1.00 bits per heavy atom. The Balaban J connectivity index is 3.16. The summed E-state index contributed by atoms with van der Waals surface area (Å²) in [6, 6.07) is 0. The maximum Gasteiger partial charge on any atom is 0.138 e. The molecule has 1 nitrogen and oxygen atoms in total. The van der Waals surface area contributed by atoms with E-state index in [0.717, 1.165) is 12.8 Å². The average Bonchev–Trinajstić information content (AvgIpc) is 2.38. The first-order chi connectivity index (χ1) is 9.48. The van der Waals surface area contributed by atoms with Gasteiger partial charge in [0, 0.05) is 11.8 Å². The zero-order chi connectivity index (χ0) is 15.3. The molecule has 20 heavy (non-hydrogen) atoms. The molecular formula is C19H38O. The number of rotatable bonds is 13. The van der Waals surface area contributed by atoms with E-state index in [2.05, 4.69) is 6.92 Å². The van der Waals surface area contributed by atoms with E-state index in [9.17, 15) is 4.79 Å². The molecule has 0 amide bonds. The molecule has 0 unspecified atom stereocenters. The fraction of sp³-hybridized carbons (Fsp3) is 0.947. The Morgan fingerprint density at radius 1 is 0.650 bits per heavy atom. The number of carbonyl (C=O) groups is 1. The molecule has 0 spiro atoms. The van der Waals surface area contributed by atoms with Gasteiger partial charge in [-0.3, -0.25) is 4.79 Å². The van der Waals surface area contributed by atoms with Gasteiger partial charge in [-0.15, -0.1) is 0 Å². The molecule has 0 heterocycles. The molecule has 0 atom stereocenters. The molecule has 0 aromatic heterocycles. The summed E-state index contributed by atoms with van der Waals surface area (Å²) in [7, 11) is 0. The second-order valence-electron chi connectivity index (χ2n) is 7.31. The largest absolute Gasteiger partial charge is 0.299 e. The lowest BCUT2D eigenvalue weighted by Crippen LogP contribution is -2.19. The van der Waals surface area contributed by atoms with E-state index in [1.54, 1.807) is 0 Å². The highest BCUT2D eigenvalue weighted by Gasteiger charge is 2.19. The summed E-state index contributed by atoms with van der Waals surface area (Å²) < 4.78 is 0. The van der Waals surface area contributed by atoms with Gasteiger partial charge in [-0.1, -0.05) is 98.3 Å². The molecule has 0 saturated carbocycles. The predicted molar refractivity (Wildman–Crippen MR) is 90.2 cm³/mol. The molecule has 0 N–H and O–H groups in total. The van der Waals surface area contributed by atoms with Gasteiger partial charge in [-0.2, -0.15) is 0 Å². The van der Waals surface area contributed by atoms with E-state index in [1.807, 2.05) is 20.8 Å². The molecule has 0 aliphatic heterocycles. The highest BCUT2D eigenvalue weighted by atomic mass is 16.1. The number of hydrogen-bond acceptors (Lipinski definition) is 1. The van der Waals surface area contributed by atoms with Crippen molar-refractivity contribution < 1.29 is 4.79 Å². The lowest BCUT2D eigenvalue weighted by atomic mass is 9.88. The van der Waals surface area contributed by atoms with Gasteiger partial charge in [0.15, 0.2) is 0 Å². The van der Waals surface area contributed by atoms with Crippen LogP contribution in [0.15, 0.2) is 0 Å². The van der Waals surface area contributed by atoms with Gasteiger partial charge in [0.25, 0.3) is 0 Å². The Labute approximate surface area is 127 Å². The van der Waals surface area contributed by atoms with Crippen LogP contribution in [0.4, 0.5) is 0 Å². The average molecular weight is 283 g/mol. The smallest absolute Gasteiger partial charge is 0.138 e. The third kappa shape index (κ3) is 12.7. The van der Waals surface area contributed by atoms with Crippen molar-refractivity contribution in [3.05, 3.63) is 0 Å². The minimum Gasteiger partial charge on any atom is -0.299 e. The maximum atomic E-state index is 11.7. The summed E-state index contributed by atoms with van der Waals surface area (Å²) in [5.74, 6) is 0.421. The van der Waals surface area contributed by atoms with Gasteiger partial charge >= 0.3 is 0 Å². The standard InChI is InChI=1S/C19H38O/c1-5-6-7-8-9-10-11-12-13-14-15-16-17-18(20)19(2,3)4/h5-17H2,1-4H3. The molecule has 1 heteroatoms. The maximum absolute atomic E-state index is 11.7. The third-order valence-electron chi connectivity index (χ3n) is 4.09. The van der Waals surface area contributed by atoms with E-state index < -0.39 is 0 Å². The van der Waals surface area contributed by atoms with Crippen molar-refractivity contribution in [1.29, 1.82) is 0 Å². The van der Waals surface area contributed by atoms with Crippen molar-refractivity contribution in [3.63, 3.8) is 0 Å². The van der Waals surface area contributed by atoms with Crippen molar-refractivity contribution in [2.24, 2.45) is 5.41 Å². The molecule has 0 rings (SSSR count). The molecule has 0 radical (unpaired) electrons. The number of carbonyl (C=O) groups excluding carboxylic acids is 1. The van der Waals surface area contributed by atoms with Crippen LogP contribution in [0.3, 0.4) is 0 Å². The van der Waals surface area contributed by atoms with Crippen molar-refractivity contribution >= 4 is 5.78 Å². The van der Waals surface area contributed by atoms with Crippen LogP contribution in [0.2, 0.25) is 0 Å². The molecule has 120 valence electrons. The monoisotopic (exact) mass is 282 g/mol. The normalized spacial score (nSPS) is 11.8. The Kier molecular flexibility index (Phi) is 12.2. The van der Waals surface area contributed by atoms with E-state index in [1.165, 1.54) is 70.6 Å². The molecule has 0 aromatic rings. The predicted octanol–water partition coefficient (Wildman–Crippen LogP) is 6.69. The van der Waals surface area contributed by atoms with Crippen LogP contribution < -0.4 is 0 Å². The van der Waals surface area contributed by atoms with E-state index in [-0.39, 0.29) is 5.41 Å². The summed E-state index contributed by atoms with van der Waals surface area (Å²) >= 11 is 0. The second kappa shape index (κ2) is 12.4. The van der Waals surface area contributed by atoms with E-state index in [0.29, 0.717) is 5.78 Å². The van der Waals surface area contributed by atoms with Crippen LogP contribution in [0.5, 0.6) is 0 Å². The number of hydrogen-bond donors (Lipinski definition) is 0. The van der Waals surface area contributed by atoms with Crippen LogP contribution in [0.25, 0.3) is 0 Å². The molecular weight excluding hydrogens is 244 g/mol. The fourth-order valence-electron chi connectivity index (χ4n) is 2.50. The minimum atomic E-state index is -0.141. The summed E-state index contributed by atoms with van der Waals surface area (Å²) in [6.45, 7) is 8.34. The third-order valence-corrected chi connectivity index (χ3v) is 4.09. The van der Waals surface area contributed by atoms with Gasteiger partial charge < -0.3 is 0 Å². The van der Waals surface area contributed by atoms with Crippen molar-refractivity contribution in [1.82, 2.24) is 0 Å². The fourth-order valence-corrected chi connectivity index (χ4v) is 2.50. The van der Waals surface area contributed by atoms with Crippen molar-refractivity contribution in [3.8, 4) is 0 Å². The summed E-state index contributed by atoms with van der Waals surface area (Å²) in [4.78, 5) is 11.7.